The summed E-state index contributed by atoms with van der Waals surface area (Å²) in [5.74, 6) is 0.0689. The third-order valence-electron chi connectivity index (χ3n) is 4.28. The third-order valence-corrected chi connectivity index (χ3v) is 5.82. The Hall–Kier alpha value is -1.85. The molecule has 0 aromatic heterocycles. The van der Waals surface area contributed by atoms with Gasteiger partial charge in [0.15, 0.2) is 5.17 Å². The monoisotopic (exact) mass is 376 g/mol. The molecular formula is C19H18ClFN2OS. The molecule has 1 saturated heterocycles. The molecule has 0 aliphatic carbocycles. The number of nitrogens with one attached hydrogen (secondary N) is 1. The van der Waals surface area contributed by atoms with Crippen LogP contribution in [0.25, 0.3) is 0 Å². The number of amides is 1. The van der Waals surface area contributed by atoms with Gasteiger partial charge in [-0.3, -0.25) is 9.79 Å². The van der Waals surface area contributed by atoms with Crippen molar-refractivity contribution in [2.45, 2.75) is 30.5 Å². The number of nitrogens with zero attached hydrogens (tertiary/aromatic N) is 1. The lowest BCUT2D eigenvalue weighted by atomic mass is 9.98. The van der Waals surface area contributed by atoms with Crippen LogP contribution in [-0.4, -0.2) is 11.1 Å². The predicted molar refractivity (Wildman–Crippen MR) is 101 cm³/mol. The van der Waals surface area contributed by atoms with E-state index in [1.807, 2.05) is 38.1 Å². The van der Waals surface area contributed by atoms with Gasteiger partial charge in [0.25, 0.3) is 0 Å². The minimum absolute atomic E-state index is 0.0961. The summed E-state index contributed by atoms with van der Waals surface area (Å²) in [5, 5.41) is 3.43. The number of carbonyl (C=O) groups is 1. The number of rotatable bonds is 4. The Labute approximate surface area is 155 Å². The Kier molecular flexibility index (Phi) is 5.16. The molecular weight excluding hydrogens is 359 g/mol. The Morgan fingerprint density at radius 1 is 1.20 bits per heavy atom. The minimum Gasteiger partial charge on any atom is -0.304 e. The normalized spacial score (nSPS) is 22.9. The second-order valence-electron chi connectivity index (χ2n) is 6.08. The molecule has 0 radical (unpaired) electrons. The molecule has 3 nitrogen and oxygen atoms in total. The molecule has 1 N–H and O–H groups in total. The largest absolute Gasteiger partial charge is 0.304 e. The summed E-state index contributed by atoms with van der Waals surface area (Å²) in [6.45, 7) is 3.80. The highest BCUT2D eigenvalue weighted by molar-refractivity contribution is 8.15. The minimum atomic E-state index is -0.730. The first-order chi connectivity index (χ1) is 11.9. The van der Waals surface area contributed by atoms with Gasteiger partial charge in [-0.2, -0.15) is 0 Å². The maximum Gasteiger partial charge on any atom is 0.246 e. The first kappa shape index (κ1) is 18.0. The van der Waals surface area contributed by atoms with Crippen LogP contribution in [0.5, 0.6) is 0 Å². The van der Waals surface area contributed by atoms with Gasteiger partial charge in [0.1, 0.15) is 10.6 Å². The van der Waals surface area contributed by atoms with Crippen LogP contribution in [0.15, 0.2) is 53.5 Å². The zero-order chi connectivity index (χ0) is 18.0. The van der Waals surface area contributed by atoms with Gasteiger partial charge in [0.05, 0.1) is 6.04 Å². The molecule has 1 aliphatic heterocycles. The first-order valence-electron chi connectivity index (χ1n) is 7.91. The van der Waals surface area contributed by atoms with E-state index in [1.54, 1.807) is 12.1 Å². The van der Waals surface area contributed by atoms with E-state index in [1.165, 1.54) is 23.9 Å². The van der Waals surface area contributed by atoms with Gasteiger partial charge < -0.3 is 5.32 Å². The number of benzene rings is 2. The molecule has 0 bridgehead atoms. The number of thioether (sulfide) groups is 1. The summed E-state index contributed by atoms with van der Waals surface area (Å²) in [5.41, 5.74) is 2.81. The summed E-state index contributed by atoms with van der Waals surface area (Å²) < 4.78 is 12.3. The molecule has 2 aromatic carbocycles. The quantitative estimate of drug-likeness (QED) is 0.781. The molecule has 25 heavy (non-hydrogen) atoms. The SMILES string of the molecule is C[C@H](N=C1NC(=O)C(C)(c2ccc(CCl)cc2)S1)c1ccc(F)cc1. The fourth-order valence-corrected chi connectivity index (χ4v) is 3.95. The second kappa shape index (κ2) is 7.18. The fraction of sp³-hybridized carbons (Fsp3) is 0.263. The van der Waals surface area contributed by atoms with E-state index in [2.05, 4.69) is 10.3 Å². The number of aliphatic imine (C=N–C) groups is 1. The number of hydrogen-bond acceptors (Lipinski definition) is 3. The third kappa shape index (κ3) is 3.72. The van der Waals surface area contributed by atoms with Gasteiger partial charge in [0.2, 0.25) is 5.91 Å². The van der Waals surface area contributed by atoms with Gasteiger partial charge in [-0.15, -0.1) is 11.6 Å². The Morgan fingerprint density at radius 2 is 1.84 bits per heavy atom. The van der Waals surface area contributed by atoms with Crippen LogP contribution in [0.2, 0.25) is 0 Å². The molecule has 0 saturated carbocycles. The van der Waals surface area contributed by atoms with Crippen molar-refractivity contribution in [1.29, 1.82) is 0 Å². The lowest BCUT2D eigenvalue weighted by molar-refractivity contribution is -0.121. The molecule has 2 atom stereocenters. The van der Waals surface area contributed by atoms with Crippen molar-refractivity contribution in [3.8, 4) is 0 Å². The van der Waals surface area contributed by atoms with Crippen LogP contribution >= 0.6 is 23.4 Å². The van der Waals surface area contributed by atoms with E-state index >= 15 is 0 Å². The molecule has 2 aromatic rings. The molecule has 3 rings (SSSR count). The average molecular weight is 377 g/mol. The van der Waals surface area contributed by atoms with Gasteiger partial charge >= 0.3 is 0 Å². The van der Waals surface area contributed by atoms with Crippen molar-refractivity contribution < 1.29 is 9.18 Å². The lowest BCUT2D eigenvalue weighted by Crippen LogP contribution is -2.31. The molecule has 1 aliphatic rings. The topological polar surface area (TPSA) is 41.5 Å². The summed E-state index contributed by atoms with van der Waals surface area (Å²) in [7, 11) is 0. The number of amidine groups is 1. The lowest BCUT2D eigenvalue weighted by Gasteiger charge is -2.19. The summed E-state index contributed by atoms with van der Waals surface area (Å²) in [6.07, 6.45) is 0. The Balaban J connectivity index is 1.81. The van der Waals surface area contributed by atoms with Crippen LogP contribution in [0.1, 0.15) is 36.6 Å². The standard InChI is InChI=1S/C19H18ClFN2OS/c1-12(14-5-9-16(21)10-6-14)22-18-23-17(24)19(2,25-18)15-7-3-13(11-20)4-8-15/h3-10,12H,11H2,1-2H3,(H,22,23,24)/t12-,19?/m0/s1. The maximum atomic E-state index is 13.0. The van der Waals surface area contributed by atoms with Crippen molar-refractivity contribution in [1.82, 2.24) is 5.32 Å². The number of carbonyl (C=O) groups excluding carboxylic acids is 1. The first-order valence-corrected chi connectivity index (χ1v) is 9.26. The maximum absolute atomic E-state index is 13.0. The highest BCUT2D eigenvalue weighted by Gasteiger charge is 2.44. The average Bonchev–Trinajstić information content (AvgIpc) is 2.90. The second-order valence-corrected chi connectivity index (χ2v) is 7.76. The molecule has 1 heterocycles. The number of hydrogen-bond donors (Lipinski definition) is 1. The smallest absolute Gasteiger partial charge is 0.246 e. The summed E-state index contributed by atoms with van der Waals surface area (Å²) in [4.78, 5) is 17.1. The highest BCUT2D eigenvalue weighted by Crippen LogP contribution is 2.41. The zero-order valence-electron chi connectivity index (χ0n) is 13.9. The van der Waals surface area contributed by atoms with Crippen LogP contribution in [0, 0.1) is 5.82 Å². The Bertz CT molecular complexity index is 807. The van der Waals surface area contributed by atoms with E-state index in [0.29, 0.717) is 11.0 Å². The zero-order valence-corrected chi connectivity index (χ0v) is 15.5. The van der Waals surface area contributed by atoms with E-state index in [-0.39, 0.29) is 17.8 Å². The van der Waals surface area contributed by atoms with Crippen molar-refractivity contribution in [2.24, 2.45) is 4.99 Å². The van der Waals surface area contributed by atoms with Crippen LogP contribution in [0.4, 0.5) is 4.39 Å². The molecule has 1 fully saturated rings. The van der Waals surface area contributed by atoms with Gasteiger partial charge in [-0.25, -0.2) is 4.39 Å². The van der Waals surface area contributed by atoms with E-state index in [4.69, 9.17) is 11.6 Å². The van der Waals surface area contributed by atoms with Crippen molar-refractivity contribution in [3.63, 3.8) is 0 Å². The van der Waals surface area contributed by atoms with Gasteiger partial charge in [-0.05, 0) is 42.7 Å². The summed E-state index contributed by atoms with van der Waals surface area (Å²) >= 11 is 7.22. The summed E-state index contributed by atoms with van der Waals surface area (Å²) in [6, 6.07) is 13.8. The molecule has 6 heteroatoms. The number of alkyl halides is 1. The molecule has 1 amide bonds. The van der Waals surface area contributed by atoms with Crippen LogP contribution < -0.4 is 5.32 Å². The van der Waals surface area contributed by atoms with Crippen molar-refractivity contribution >= 4 is 34.4 Å². The van der Waals surface area contributed by atoms with Gasteiger partial charge in [-0.1, -0.05) is 48.2 Å². The van der Waals surface area contributed by atoms with Crippen LogP contribution in [0.3, 0.4) is 0 Å². The molecule has 130 valence electrons. The van der Waals surface area contributed by atoms with E-state index in [0.717, 1.165) is 16.7 Å². The predicted octanol–water partition coefficient (Wildman–Crippen LogP) is 4.76. The number of halogens is 2. The van der Waals surface area contributed by atoms with E-state index < -0.39 is 4.75 Å². The molecule has 0 spiro atoms. The Morgan fingerprint density at radius 3 is 2.44 bits per heavy atom. The van der Waals surface area contributed by atoms with Crippen LogP contribution in [-0.2, 0) is 15.4 Å². The molecule has 1 unspecified atom stereocenters. The van der Waals surface area contributed by atoms with Crippen molar-refractivity contribution in [3.05, 3.63) is 71.0 Å². The fourth-order valence-electron chi connectivity index (χ4n) is 2.63. The highest BCUT2D eigenvalue weighted by atomic mass is 35.5. The van der Waals surface area contributed by atoms with Crippen molar-refractivity contribution in [2.75, 3.05) is 0 Å². The van der Waals surface area contributed by atoms with Gasteiger partial charge in [0, 0.05) is 5.88 Å². The van der Waals surface area contributed by atoms with E-state index in [9.17, 15) is 9.18 Å².